The van der Waals surface area contributed by atoms with Gasteiger partial charge in [0.1, 0.15) is 0 Å². The van der Waals surface area contributed by atoms with Gasteiger partial charge in [0.05, 0.1) is 14.2 Å². The Kier molecular flexibility index (Phi) is 15.8. The van der Waals surface area contributed by atoms with E-state index in [0.717, 1.165) is 49.9 Å². The minimum absolute atomic E-state index is 0. The molecule has 0 aliphatic heterocycles. The van der Waals surface area contributed by atoms with Gasteiger partial charge in [-0.15, -0.1) is 24.0 Å². The third-order valence-electron chi connectivity index (χ3n) is 3.75. The van der Waals surface area contributed by atoms with E-state index in [2.05, 4.69) is 34.9 Å². The number of aryl methyl sites for hydroxylation is 1. The van der Waals surface area contributed by atoms with Crippen LogP contribution in [0.25, 0.3) is 0 Å². The number of benzene rings is 1. The molecule has 150 valence electrons. The van der Waals surface area contributed by atoms with Crippen molar-refractivity contribution in [3.8, 4) is 11.5 Å². The summed E-state index contributed by atoms with van der Waals surface area (Å²) < 4.78 is 10.6. The van der Waals surface area contributed by atoms with Gasteiger partial charge in [-0.25, -0.2) is 0 Å². The summed E-state index contributed by atoms with van der Waals surface area (Å²) in [4.78, 5) is 4.66. The summed E-state index contributed by atoms with van der Waals surface area (Å²) in [7, 11) is 3.32. The highest BCUT2D eigenvalue weighted by Gasteiger charge is 2.04. The molecule has 2 N–H and O–H groups in total. The molecule has 0 aromatic heterocycles. The van der Waals surface area contributed by atoms with E-state index in [1.165, 1.54) is 24.2 Å². The highest BCUT2D eigenvalue weighted by atomic mass is 127. The van der Waals surface area contributed by atoms with Crippen molar-refractivity contribution in [1.82, 2.24) is 10.6 Å². The monoisotopic (exact) mass is 495 g/mol. The third-order valence-corrected chi connectivity index (χ3v) is 4.45. The van der Waals surface area contributed by atoms with Gasteiger partial charge in [0.25, 0.3) is 0 Å². The summed E-state index contributed by atoms with van der Waals surface area (Å²) in [5.41, 5.74) is 1.24. The highest BCUT2D eigenvalue weighted by Crippen LogP contribution is 2.27. The zero-order chi connectivity index (χ0) is 18.3. The maximum absolute atomic E-state index is 5.35. The van der Waals surface area contributed by atoms with Gasteiger partial charge in [0, 0.05) is 19.6 Å². The van der Waals surface area contributed by atoms with Crippen LogP contribution in [0.4, 0.5) is 0 Å². The molecule has 0 unspecified atom stereocenters. The van der Waals surface area contributed by atoms with Crippen LogP contribution in [-0.4, -0.2) is 51.8 Å². The molecule has 0 aliphatic carbocycles. The number of guanidine groups is 1. The number of nitrogens with one attached hydrogen (secondary N) is 2. The molecular weight excluding hydrogens is 461 g/mol. The minimum atomic E-state index is 0. The van der Waals surface area contributed by atoms with Crippen LogP contribution in [-0.2, 0) is 6.42 Å². The molecule has 7 heteroatoms. The highest BCUT2D eigenvalue weighted by molar-refractivity contribution is 14.0. The number of hydrogen-bond acceptors (Lipinski definition) is 4. The van der Waals surface area contributed by atoms with Gasteiger partial charge in [-0.1, -0.05) is 6.07 Å². The lowest BCUT2D eigenvalue weighted by Crippen LogP contribution is -2.37. The number of rotatable bonds is 12. The second kappa shape index (κ2) is 16.4. The van der Waals surface area contributed by atoms with Crippen molar-refractivity contribution in [2.24, 2.45) is 4.99 Å². The number of thioether (sulfide) groups is 1. The number of methoxy groups -OCH3 is 2. The summed E-state index contributed by atoms with van der Waals surface area (Å²) in [5, 5.41) is 6.71. The fraction of sp³-hybridized carbons (Fsp3) is 0.632. The molecule has 5 nitrogen and oxygen atoms in total. The normalized spacial score (nSPS) is 10.8. The number of ether oxygens (including phenoxy) is 2. The van der Waals surface area contributed by atoms with Crippen LogP contribution in [0.1, 0.15) is 31.7 Å². The van der Waals surface area contributed by atoms with Crippen LogP contribution in [0.15, 0.2) is 23.2 Å². The topological polar surface area (TPSA) is 54.9 Å². The smallest absolute Gasteiger partial charge is 0.191 e. The Hall–Kier alpha value is -0.830. The number of hydrogen-bond donors (Lipinski definition) is 2. The van der Waals surface area contributed by atoms with Crippen LogP contribution in [0.3, 0.4) is 0 Å². The number of nitrogens with zero attached hydrogens (tertiary/aromatic N) is 1. The Labute approximate surface area is 180 Å². The van der Waals surface area contributed by atoms with Crippen LogP contribution in [0, 0.1) is 0 Å². The van der Waals surface area contributed by atoms with Crippen molar-refractivity contribution in [1.29, 1.82) is 0 Å². The van der Waals surface area contributed by atoms with E-state index in [1.807, 2.05) is 23.9 Å². The fourth-order valence-electron chi connectivity index (χ4n) is 2.43. The van der Waals surface area contributed by atoms with Gasteiger partial charge in [-0.2, -0.15) is 11.8 Å². The van der Waals surface area contributed by atoms with Crippen molar-refractivity contribution in [3.63, 3.8) is 0 Å². The maximum Gasteiger partial charge on any atom is 0.191 e. The molecule has 1 aromatic rings. The molecule has 0 spiro atoms. The SMILES string of the molecule is CCNC(=NCCCc1ccc(OC)c(OC)c1)NCCCCSC.I. The second-order valence-electron chi connectivity index (χ2n) is 5.68. The Bertz CT molecular complexity index is 516. The van der Waals surface area contributed by atoms with Crippen molar-refractivity contribution in [2.45, 2.75) is 32.6 Å². The Morgan fingerprint density at radius 1 is 1.08 bits per heavy atom. The first-order valence-electron chi connectivity index (χ1n) is 8.97. The number of aliphatic imine (C=N–C) groups is 1. The molecular formula is C19H34IN3O2S. The van der Waals surface area contributed by atoms with Crippen molar-refractivity contribution in [3.05, 3.63) is 23.8 Å². The zero-order valence-electron chi connectivity index (χ0n) is 16.5. The van der Waals surface area contributed by atoms with E-state index < -0.39 is 0 Å². The summed E-state index contributed by atoms with van der Waals surface area (Å²) in [6.45, 7) is 4.75. The van der Waals surface area contributed by atoms with E-state index in [9.17, 15) is 0 Å². The van der Waals surface area contributed by atoms with E-state index >= 15 is 0 Å². The number of unbranched alkanes of at least 4 members (excludes halogenated alkanes) is 1. The van der Waals surface area contributed by atoms with Crippen molar-refractivity contribution in [2.75, 3.05) is 45.9 Å². The third kappa shape index (κ3) is 10.4. The molecule has 26 heavy (non-hydrogen) atoms. The molecule has 0 amide bonds. The molecule has 0 atom stereocenters. The molecule has 0 aliphatic rings. The first kappa shape index (κ1) is 25.2. The average Bonchev–Trinajstić information content (AvgIpc) is 2.64. The van der Waals surface area contributed by atoms with Crippen LogP contribution < -0.4 is 20.1 Å². The molecule has 0 radical (unpaired) electrons. The first-order valence-corrected chi connectivity index (χ1v) is 10.4. The molecule has 0 saturated heterocycles. The van der Waals surface area contributed by atoms with Crippen LogP contribution in [0.2, 0.25) is 0 Å². The Morgan fingerprint density at radius 3 is 2.50 bits per heavy atom. The lowest BCUT2D eigenvalue weighted by Gasteiger charge is -2.11. The Balaban J connectivity index is 0.00000625. The van der Waals surface area contributed by atoms with Gasteiger partial charge >= 0.3 is 0 Å². The van der Waals surface area contributed by atoms with Crippen LogP contribution >= 0.6 is 35.7 Å². The number of halogens is 1. The maximum atomic E-state index is 5.35. The minimum Gasteiger partial charge on any atom is -0.493 e. The van der Waals surface area contributed by atoms with E-state index in [-0.39, 0.29) is 24.0 Å². The molecule has 0 bridgehead atoms. The summed E-state index contributed by atoms with van der Waals surface area (Å²) in [6, 6.07) is 6.08. The standard InChI is InChI=1S/C19H33N3O2S.HI/c1-5-20-19(21-12-6-7-14-25-4)22-13-8-9-16-10-11-17(23-2)18(15-16)24-3;/h10-11,15H,5-9,12-14H2,1-4H3,(H2,20,21,22);1H. The van der Waals surface area contributed by atoms with Gasteiger partial charge in [0.2, 0.25) is 0 Å². The van der Waals surface area contributed by atoms with Crippen molar-refractivity contribution < 1.29 is 9.47 Å². The van der Waals surface area contributed by atoms with Gasteiger partial charge < -0.3 is 20.1 Å². The molecule has 0 heterocycles. The second-order valence-corrected chi connectivity index (χ2v) is 6.67. The van der Waals surface area contributed by atoms with Crippen LogP contribution in [0.5, 0.6) is 11.5 Å². The van der Waals surface area contributed by atoms with Gasteiger partial charge in [0.15, 0.2) is 17.5 Å². The van der Waals surface area contributed by atoms with E-state index in [4.69, 9.17) is 9.47 Å². The quantitative estimate of drug-likeness (QED) is 0.199. The molecule has 0 fully saturated rings. The summed E-state index contributed by atoms with van der Waals surface area (Å²) >= 11 is 1.90. The lowest BCUT2D eigenvalue weighted by atomic mass is 10.1. The van der Waals surface area contributed by atoms with E-state index in [1.54, 1.807) is 14.2 Å². The predicted molar refractivity (Wildman–Crippen MR) is 125 cm³/mol. The van der Waals surface area contributed by atoms with E-state index in [0.29, 0.717) is 0 Å². The lowest BCUT2D eigenvalue weighted by molar-refractivity contribution is 0.354. The summed E-state index contributed by atoms with van der Waals surface area (Å²) in [6.07, 6.45) is 6.54. The molecule has 1 aromatic carbocycles. The fourth-order valence-corrected chi connectivity index (χ4v) is 2.92. The molecule has 0 saturated carbocycles. The van der Waals surface area contributed by atoms with Gasteiger partial charge in [-0.3, -0.25) is 4.99 Å². The molecule has 1 rings (SSSR count). The largest absolute Gasteiger partial charge is 0.493 e. The van der Waals surface area contributed by atoms with Gasteiger partial charge in [-0.05, 0) is 62.3 Å². The first-order chi connectivity index (χ1) is 12.2. The average molecular weight is 495 g/mol. The Morgan fingerprint density at radius 2 is 1.85 bits per heavy atom. The van der Waals surface area contributed by atoms with Crippen molar-refractivity contribution >= 4 is 41.7 Å². The summed E-state index contributed by atoms with van der Waals surface area (Å²) in [5.74, 6) is 3.69. The predicted octanol–water partition coefficient (Wildman–Crippen LogP) is 3.95. The zero-order valence-corrected chi connectivity index (χ0v) is 19.6.